The zero-order chi connectivity index (χ0) is 26.9. The van der Waals surface area contributed by atoms with Gasteiger partial charge in [0.2, 0.25) is 0 Å². The molecule has 0 saturated heterocycles. The number of pyridine rings is 2. The molecule has 0 bridgehead atoms. The highest BCUT2D eigenvalue weighted by atomic mass is 35.5. The molecule has 39 heavy (non-hydrogen) atoms. The van der Waals surface area contributed by atoms with E-state index in [9.17, 15) is 4.79 Å². The molecule has 0 aliphatic heterocycles. The minimum atomic E-state index is -0.634. The van der Waals surface area contributed by atoms with Gasteiger partial charge in [-0.1, -0.05) is 44.2 Å². The highest BCUT2D eigenvalue weighted by molar-refractivity contribution is 6.30. The minimum Gasteiger partial charge on any atom is -0.386 e. The number of aromatic nitrogens is 6. The van der Waals surface area contributed by atoms with Crippen LogP contribution in [0.4, 0.5) is 0 Å². The predicted molar refractivity (Wildman–Crippen MR) is 149 cm³/mol. The van der Waals surface area contributed by atoms with Crippen molar-refractivity contribution in [3.05, 3.63) is 45.9 Å². The number of H-pyrrole nitrogens is 1. The average molecular weight is 551 g/mol. The van der Waals surface area contributed by atoms with E-state index in [1.165, 1.54) is 51.4 Å². The van der Waals surface area contributed by atoms with Crippen molar-refractivity contribution < 1.29 is 9.15 Å². The molecule has 4 aromatic rings. The maximum atomic E-state index is 11.7. The lowest BCUT2D eigenvalue weighted by atomic mass is 9.83. The van der Waals surface area contributed by atoms with Crippen LogP contribution in [0.1, 0.15) is 71.0 Å². The van der Waals surface area contributed by atoms with Crippen molar-refractivity contribution in [2.75, 3.05) is 0 Å². The van der Waals surface area contributed by atoms with Crippen molar-refractivity contribution in [3.63, 3.8) is 0 Å². The van der Waals surface area contributed by atoms with Gasteiger partial charge in [-0.15, -0.1) is 5.10 Å². The number of rotatable bonds is 8. The van der Waals surface area contributed by atoms with Gasteiger partial charge >= 0.3 is 5.76 Å². The van der Waals surface area contributed by atoms with Crippen LogP contribution in [-0.2, 0) is 17.9 Å². The largest absolute Gasteiger partial charge is 0.434 e. The van der Waals surface area contributed by atoms with E-state index in [2.05, 4.69) is 33.6 Å². The van der Waals surface area contributed by atoms with Crippen molar-refractivity contribution in [2.24, 2.45) is 17.8 Å². The topological polar surface area (TPSA) is 112 Å². The molecule has 0 spiro atoms. The molecule has 206 valence electrons. The van der Waals surface area contributed by atoms with Crippen LogP contribution in [0.25, 0.3) is 33.9 Å². The molecular weight excluding hydrogens is 516 g/mol. The SMILES string of the molecule is CC(OCc1nc2cc(-c3n[nH]c(=O)o3)nc(-c3cncc(Cl)c3)c2n1C[C@H]1CC[C@H](C)CC1)C1CCCC1. The second-order valence-corrected chi connectivity index (χ2v) is 11.8. The number of hydrogen-bond donors (Lipinski definition) is 1. The first-order chi connectivity index (χ1) is 18.9. The number of halogens is 1. The lowest BCUT2D eigenvalue weighted by Gasteiger charge is -2.27. The Bertz CT molecular complexity index is 1500. The highest BCUT2D eigenvalue weighted by Gasteiger charge is 2.27. The number of hydrogen-bond acceptors (Lipinski definition) is 7. The zero-order valence-corrected chi connectivity index (χ0v) is 23.3. The minimum absolute atomic E-state index is 0.113. The fourth-order valence-corrected chi connectivity index (χ4v) is 6.42. The molecule has 4 heterocycles. The number of nitrogens with zero attached hydrogens (tertiary/aromatic N) is 5. The van der Waals surface area contributed by atoms with E-state index in [1.807, 2.05) is 12.1 Å². The third-order valence-electron chi connectivity index (χ3n) is 8.55. The molecule has 6 rings (SSSR count). The van der Waals surface area contributed by atoms with Gasteiger partial charge in [0.15, 0.2) is 0 Å². The summed E-state index contributed by atoms with van der Waals surface area (Å²) < 4.78 is 14.0. The number of ether oxygens (including phenoxy) is 1. The van der Waals surface area contributed by atoms with Gasteiger partial charge in [0, 0.05) is 24.5 Å². The molecule has 1 unspecified atom stereocenters. The van der Waals surface area contributed by atoms with Crippen molar-refractivity contribution in [1.29, 1.82) is 0 Å². The molecule has 2 saturated carbocycles. The Labute approximate surface area is 232 Å². The Kier molecular flexibility index (Phi) is 7.53. The van der Waals surface area contributed by atoms with E-state index in [-0.39, 0.29) is 12.0 Å². The van der Waals surface area contributed by atoms with Gasteiger partial charge < -0.3 is 13.7 Å². The molecule has 0 radical (unpaired) electrons. The summed E-state index contributed by atoms with van der Waals surface area (Å²) in [5, 5.41) is 6.85. The second-order valence-electron chi connectivity index (χ2n) is 11.4. The fourth-order valence-electron chi connectivity index (χ4n) is 6.24. The number of imidazole rings is 1. The summed E-state index contributed by atoms with van der Waals surface area (Å²) in [5.74, 6) is 2.29. The van der Waals surface area contributed by atoms with Gasteiger partial charge in [-0.3, -0.25) is 4.98 Å². The van der Waals surface area contributed by atoms with E-state index in [0.29, 0.717) is 34.9 Å². The standard InChI is InChI=1S/C29H35ClN6O3/c1-17-7-9-19(10-8-17)15-36-25(16-38-18(2)20-5-3-4-6-20)32-23-12-24(28-34-35-29(37)39-28)33-26(27(23)36)21-11-22(30)14-31-13-21/h11-14,17-20H,3-10,15-16H2,1-2H3,(H,35,37)/t17-,18?,19-. The molecule has 0 aromatic carbocycles. The summed E-state index contributed by atoms with van der Waals surface area (Å²) in [5.41, 5.74) is 3.51. The average Bonchev–Trinajstić information content (AvgIpc) is 3.69. The van der Waals surface area contributed by atoms with Gasteiger partial charge in [-0.2, -0.15) is 0 Å². The number of nitrogens with one attached hydrogen (secondary N) is 1. The third-order valence-corrected chi connectivity index (χ3v) is 8.76. The normalized spacial score (nSPS) is 21.1. The van der Waals surface area contributed by atoms with Crippen LogP contribution in [0.15, 0.2) is 33.7 Å². The monoisotopic (exact) mass is 550 g/mol. The first-order valence-corrected chi connectivity index (χ1v) is 14.5. The molecule has 2 fully saturated rings. The van der Waals surface area contributed by atoms with Crippen LogP contribution in [0.3, 0.4) is 0 Å². The molecule has 2 aliphatic carbocycles. The van der Waals surface area contributed by atoms with Crippen LogP contribution in [0.5, 0.6) is 0 Å². The first-order valence-electron chi connectivity index (χ1n) is 14.1. The van der Waals surface area contributed by atoms with Crippen molar-refractivity contribution in [3.8, 4) is 22.8 Å². The quantitative estimate of drug-likeness (QED) is 0.269. The summed E-state index contributed by atoms with van der Waals surface area (Å²) >= 11 is 6.36. The van der Waals surface area contributed by atoms with Crippen LogP contribution >= 0.6 is 11.6 Å². The maximum Gasteiger partial charge on any atom is 0.434 e. The van der Waals surface area contributed by atoms with Crippen LogP contribution in [0, 0.1) is 17.8 Å². The molecule has 10 heteroatoms. The summed E-state index contributed by atoms with van der Waals surface area (Å²) in [6, 6.07) is 3.68. The Morgan fingerprint density at radius 2 is 1.92 bits per heavy atom. The Balaban J connectivity index is 1.46. The molecular formula is C29H35ClN6O3. The van der Waals surface area contributed by atoms with E-state index < -0.39 is 5.76 Å². The third kappa shape index (κ3) is 5.65. The molecule has 1 N–H and O–H groups in total. The van der Waals surface area contributed by atoms with Crippen LogP contribution in [-0.4, -0.2) is 35.8 Å². The zero-order valence-electron chi connectivity index (χ0n) is 22.5. The Morgan fingerprint density at radius 3 is 2.64 bits per heavy atom. The molecule has 2 aliphatic rings. The number of fused-ring (bicyclic) bond motifs is 1. The summed E-state index contributed by atoms with van der Waals surface area (Å²) in [7, 11) is 0. The molecule has 4 aromatic heterocycles. The first kappa shape index (κ1) is 26.2. The lowest BCUT2D eigenvalue weighted by molar-refractivity contribution is 0.0104. The lowest BCUT2D eigenvalue weighted by Crippen LogP contribution is -2.22. The van der Waals surface area contributed by atoms with E-state index in [4.69, 9.17) is 30.7 Å². The van der Waals surface area contributed by atoms with E-state index >= 15 is 0 Å². The summed E-state index contributed by atoms with van der Waals surface area (Å²) in [6.45, 7) is 5.80. The highest BCUT2D eigenvalue weighted by Crippen LogP contribution is 2.36. The maximum absolute atomic E-state index is 11.7. The van der Waals surface area contributed by atoms with E-state index in [1.54, 1.807) is 12.4 Å². The van der Waals surface area contributed by atoms with Crippen LogP contribution < -0.4 is 5.76 Å². The van der Waals surface area contributed by atoms with Gasteiger partial charge in [0.1, 0.15) is 18.1 Å². The van der Waals surface area contributed by atoms with Gasteiger partial charge in [-0.05, 0) is 62.5 Å². The van der Waals surface area contributed by atoms with Gasteiger partial charge in [-0.25, -0.2) is 19.9 Å². The smallest absolute Gasteiger partial charge is 0.386 e. The van der Waals surface area contributed by atoms with E-state index in [0.717, 1.165) is 34.9 Å². The van der Waals surface area contributed by atoms with Crippen LogP contribution in [0.2, 0.25) is 5.02 Å². The van der Waals surface area contributed by atoms with Crippen molar-refractivity contribution in [1.82, 2.24) is 29.7 Å². The van der Waals surface area contributed by atoms with Gasteiger partial charge in [0.25, 0.3) is 5.89 Å². The Hall–Kier alpha value is -3.04. The molecule has 1 atom stereocenters. The van der Waals surface area contributed by atoms with Crippen molar-refractivity contribution in [2.45, 2.75) is 84.5 Å². The predicted octanol–water partition coefficient (Wildman–Crippen LogP) is 6.41. The molecule has 0 amide bonds. The number of aromatic amines is 1. The van der Waals surface area contributed by atoms with Gasteiger partial charge in [0.05, 0.1) is 27.9 Å². The second kappa shape index (κ2) is 11.2. The summed E-state index contributed by atoms with van der Waals surface area (Å²) in [4.78, 5) is 26.0. The van der Waals surface area contributed by atoms with Crippen molar-refractivity contribution >= 4 is 22.6 Å². The molecule has 9 nitrogen and oxygen atoms in total. The Morgan fingerprint density at radius 1 is 1.13 bits per heavy atom. The summed E-state index contributed by atoms with van der Waals surface area (Å²) in [6.07, 6.45) is 13.4. The fraction of sp³-hybridized carbons (Fsp3) is 0.552.